The molecule has 6 heteroatoms. The number of benzene rings is 1. The van der Waals surface area contributed by atoms with Gasteiger partial charge in [-0.25, -0.2) is 15.0 Å². The number of carbonyl (C=O) groups excluding carboxylic acids is 1. The molecule has 5 nitrogen and oxygen atoms in total. The molecule has 0 radical (unpaired) electrons. The number of hydrazine groups is 1. The molecule has 1 aliphatic rings. The van der Waals surface area contributed by atoms with E-state index < -0.39 is 5.82 Å². The molecule has 1 heterocycles. The maximum absolute atomic E-state index is 13.2. The molecular formula is C12H13FN4O. The summed E-state index contributed by atoms with van der Waals surface area (Å²) in [6, 6.07) is 5.62. The molecule has 1 aromatic rings. The highest BCUT2D eigenvalue weighted by molar-refractivity contribution is 5.74. The predicted molar refractivity (Wildman–Crippen MR) is 62.4 cm³/mol. The SMILES string of the molecule is N#Cc1ccc(F)cc1CN1CCCN(N)C1=O. The molecule has 1 saturated heterocycles. The lowest BCUT2D eigenvalue weighted by molar-refractivity contribution is 0.127. The van der Waals surface area contributed by atoms with Crippen LogP contribution < -0.4 is 5.84 Å². The number of nitrogens with zero attached hydrogens (tertiary/aromatic N) is 3. The highest BCUT2D eigenvalue weighted by Crippen LogP contribution is 2.16. The van der Waals surface area contributed by atoms with Crippen molar-refractivity contribution in [1.29, 1.82) is 5.26 Å². The van der Waals surface area contributed by atoms with Gasteiger partial charge in [-0.15, -0.1) is 0 Å². The number of nitriles is 1. The van der Waals surface area contributed by atoms with E-state index in [4.69, 9.17) is 11.1 Å². The van der Waals surface area contributed by atoms with Crippen molar-refractivity contribution in [2.24, 2.45) is 5.84 Å². The highest BCUT2D eigenvalue weighted by atomic mass is 19.1. The summed E-state index contributed by atoms with van der Waals surface area (Å²) in [5.74, 6) is 5.11. The average Bonchev–Trinajstić information content (AvgIpc) is 2.35. The van der Waals surface area contributed by atoms with E-state index >= 15 is 0 Å². The summed E-state index contributed by atoms with van der Waals surface area (Å²) in [6.07, 6.45) is 0.763. The van der Waals surface area contributed by atoms with Crippen LogP contribution >= 0.6 is 0 Å². The van der Waals surface area contributed by atoms with Crippen molar-refractivity contribution in [3.05, 3.63) is 35.1 Å². The summed E-state index contributed by atoms with van der Waals surface area (Å²) < 4.78 is 13.2. The molecule has 18 heavy (non-hydrogen) atoms. The first-order chi connectivity index (χ1) is 8.61. The molecule has 0 saturated carbocycles. The van der Waals surface area contributed by atoms with Crippen LogP contribution in [0.2, 0.25) is 0 Å². The highest BCUT2D eigenvalue weighted by Gasteiger charge is 2.24. The van der Waals surface area contributed by atoms with Gasteiger partial charge in [-0.3, -0.25) is 5.01 Å². The Bertz CT molecular complexity index is 511. The maximum atomic E-state index is 13.2. The summed E-state index contributed by atoms with van der Waals surface area (Å²) in [4.78, 5) is 13.3. The number of carbonyl (C=O) groups is 1. The Balaban J connectivity index is 2.21. The van der Waals surface area contributed by atoms with Crippen molar-refractivity contribution in [2.75, 3.05) is 13.1 Å². The van der Waals surface area contributed by atoms with Crippen molar-refractivity contribution in [3.8, 4) is 6.07 Å². The second-order valence-electron chi connectivity index (χ2n) is 4.16. The summed E-state index contributed by atoms with van der Waals surface area (Å²) >= 11 is 0. The van der Waals surface area contributed by atoms with Crippen molar-refractivity contribution >= 4 is 6.03 Å². The molecule has 1 aliphatic heterocycles. The fourth-order valence-corrected chi connectivity index (χ4v) is 1.96. The molecule has 0 aliphatic carbocycles. The molecule has 2 rings (SSSR count). The number of nitrogens with two attached hydrogens (primary N) is 1. The van der Waals surface area contributed by atoms with E-state index in [9.17, 15) is 9.18 Å². The molecule has 94 valence electrons. The van der Waals surface area contributed by atoms with E-state index in [1.807, 2.05) is 6.07 Å². The molecule has 0 spiro atoms. The van der Waals surface area contributed by atoms with Gasteiger partial charge in [0.05, 0.1) is 11.6 Å². The molecule has 1 fully saturated rings. The zero-order valence-electron chi connectivity index (χ0n) is 9.77. The normalized spacial score (nSPS) is 15.7. The number of halogens is 1. The second kappa shape index (κ2) is 5.02. The molecule has 1 aromatic carbocycles. The van der Waals surface area contributed by atoms with Crippen molar-refractivity contribution < 1.29 is 9.18 Å². The Morgan fingerprint density at radius 1 is 1.44 bits per heavy atom. The standard InChI is InChI=1S/C12H13FN4O/c13-11-3-2-9(7-14)10(6-11)8-16-4-1-5-17(15)12(16)18/h2-3,6H,1,4-5,8,15H2. The van der Waals surface area contributed by atoms with Crippen LogP contribution in [0.15, 0.2) is 18.2 Å². The fraction of sp³-hybridized carbons (Fsp3) is 0.333. The Labute approximate surface area is 104 Å². The lowest BCUT2D eigenvalue weighted by Gasteiger charge is -2.32. The molecule has 0 unspecified atom stereocenters. The Morgan fingerprint density at radius 2 is 2.22 bits per heavy atom. The Hall–Kier alpha value is -2.13. The largest absolute Gasteiger partial charge is 0.334 e. The van der Waals surface area contributed by atoms with E-state index in [1.54, 1.807) is 0 Å². The van der Waals surface area contributed by atoms with Gasteiger partial charge in [-0.05, 0) is 30.2 Å². The van der Waals surface area contributed by atoms with Gasteiger partial charge in [0, 0.05) is 19.6 Å². The van der Waals surface area contributed by atoms with Gasteiger partial charge < -0.3 is 4.90 Å². The zero-order valence-corrected chi connectivity index (χ0v) is 9.77. The summed E-state index contributed by atoms with van der Waals surface area (Å²) in [5.41, 5.74) is 0.875. The minimum absolute atomic E-state index is 0.202. The number of hydrogen-bond donors (Lipinski definition) is 1. The molecule has 0 atom stereocenters. The van der Waals surface area contributed by atoms with E-state index in [2.05, 4.69) is 0 Å². The maximum Gasteiger partial charge on any atom is 0.334 e. The van der Waals surface area contributed by atoms with Crippen LogP contribution in [0, 0.1) is 17.1 Å². The van der Waals surface area contributed by atoms with Crippen molar-refractivity contribution in [3.63, 3.8) is 0 Å². The van der Waals surface area contributed by atoms with Gasteiger partial charge in [0.2, 0.25) is 0 Å². The Morgan fingerprint density at radius 3 is 2.94 bits per heavy atom. The lowest BCUT2D eigenvalue weighted by Crippen LogP contribution is -2.52. The number of amides is 2. The first-order valence-electron chi connectivity index (χ1n) is 5.61. The van der Waals surface area contributed by atoms with Crippen LogP contribution in [0.5, 0.6) is 0 Å². The van der Waals surface area contributed by atoms with Crippen molar-refractivity contribution in [1.82, 2.24) is 9.91 Å². The number of hydrogen-bond acceptors (Lipinski definition) is 3. The van der Waals surface area contributed by atoms with Gasteiger partial charge in [0.25, 0.3) is 0 Å². The first kappa shape index (κ1) is 12.3. The van der Waals surface area contributed by atoms with E-state index in [0.717, 1.165) is 11.4 Å². The van der Waals surface area contributed by atoms with E-state index in [0.29, 0.717) is 24.2 Å². The van der Waals surface area contributed by atoms with Gasteiger partial charge in [0.1, 0.15) is 5.82 Å². The molecular weight excluding hydrogens is 235 g/mol. The number of rotatable bonds is 2. The van der Waals surface area contributed by atoms with Crippen LogP contribution in [0.4, 0.5) is 9.18 Å². The summed E-state index contributed by atoms with van der Waals surface area (Å²) in [6.45, 7) is 1.28. The zero-order chi connectivity index (χ0) is 13.1. The summed E-state index contributed by atoms with van der Waals surface area (Å²) in [5, 5.41) is 10.1. The van der Waals surface area contributed by atoms with E-state index in [-0.39, 0.29) is 12.6 Å². The van der Waals surface area contributed by atoms with E-state index in [1.165, 1.54) is 23.1 Å². The van der Waals surface area contributed by atoms with Crippen LogP contribution in [-0.2, 0) is 6.54 Å². The lowest BCUT2D eigenvalue weighted by atomic mass is 10.1. The van der Waals surface area contributed by atoms with Crippen LogP contribution in [0.3, 0.4) is 0 Å². The Kier molecular flexibility index (Phi) is 3.44. The molecule has 2 N–H and O–H groups in total. The van der Waals surface area contributed by atoms with Gasteiger partial charge in [-0.2, -0.15) is 5.26 Å². The molecule has 0 aromatic heterocycles. The third-order valence-electron chi connectivity index (χ3n) is 2.89. The number of urea groups is 1. The topological polar surface area (TPSA) is 73.4 Å². The monoisotopic (exact) mass is 248 g/mol. The van der Waals surface area contributed by atoms with Crippen LogP contribution in [-0.4, -0.2) is 29.0 Å². The minimum atomic E-state index is -0.418. The summed E-state index contributed by atoms with van der Waals surface area (Å²) in [7, 11) is 0. The van der Waals surface area contributed by atoms with Gasteiger partial charge in [-0.1, -0.05) is 0 Å². The third kappa shape index (κ3) is 2.41. The second-order valence-corrected chi connectivity index (χ2v) is 4.16. The quantitative estimate of drug-likeness (QED) is 0.631. The predicted octanol–water partition coefficient (Wildman–Crippen LogP) is 1.20. The molecule has 0 bridgehead atoms. The van der Waals surface area contributed by atoms with Gasteiger partial charge in [0.15, 0.2) is 0 Å². The fourth-order valence-electron chi connectivity index (χ4n) is 1.96. The van der Waals surface area contributed by atoms with Crippen LogP contribution in [0.1, 0.15) is 17.5 Å². The smallest absolute Gasteiger partial charge is 0.319 e. The van der Waals surface area contributed by atoms with Crippen molar-refractivity contribution in [2.45, 2.75) is 13.0 Å². The van der Waals surface area contributed by atoms with Gasteiger partial charge >= 0.3 is 6.03 Å². The minimum Gasteiger partial charge on any atom is -0.319 e. The third-order valence-corrected chi connectivity index (χ3v) is 2.89. The molecule has 2 amide bonds. The van der Waals surface area contributed by atoms with Crippen LogP contribution in [0.25, 0.3) is 0 Å². The first-order valence-corrected chi connectivity index (χ1v) is 5.61. The average molecular weight is 248 g/mol.